The number of hydrogen-bond donors (Lipinski definition) is 0. The molecule has 0 aromatic heterocycles. The summed E-state index contributed by atoms with van der Waals surface area (Å²) in [6, 6.07) is 15.9. The largest absolute Gasteiger partial charge is 0.498 e. The first-order chi connectivity index (χ1) is 30.3. The molecule has 12 nitrogen and oxygen atoms in total. The van der Waals surface area contributed by atoms with Crippen LogP contribution in [0.5, 0.6) is 23.0 Å². The van der Waals surface area contributed by atoms with Gasteiger partial charge in [0.05, 0.1) is 82.2 Å². The zero-order chi connectivity index (χ0) is 49.4. The quantitative estimate of drug-likeness (QED) is 0.164. The van der Waals surface area contributed by atoms with Crippen molar-refractivity contribution < 1.29 is 56.2 Å². The monoisotopic (exact) mass is 1040 g/mol. The van der Waals surface area contributed by atoms with Gasteiger partial charge in [0.2, 0.25) is 0 Å². The lowest BCUT2D eigenvalue weighted by molar-refractivity contribution is 0.00578. The Morgan fingerprint density at radius 2 is 0.530 bits per heavy atom. The van der Waals surface area contributed by atoms with Crippen molar-refractivity contribution in [2.45, 2.75) is 156 Å². The minimum atomic E-state index is -0.520. The molecule has 4 aliphatic rings. The lowest BCUT2D eigenvalue weighted by atomic mass is 9.49. The van der Waals surface area contributed by atoms with E-state index >= 15 is 0 Å². The Kier molecular flexibility index (Phi) is 14.7. The topological polar surface area (TPSA) is 111 Å². The van der Waals surface area contributed by atoms with Gasteiger partial charge in [-0.1, -0.05) is 24.3 Å². The van der Waals surface area contributed by atoms with Crippen LogP contribution in [0, 0.1) is 0 Å². The number of ether oxygens (including phenoxy) is 4. The second kappa shape index (κ2) is 18.3. The molecule has 0 amide bonds. The standard InChI is InChI=1S/C24H34B2O6.C12H24B2O4.C12H10Br2O2/c1-21(2)22(3,4)30-25(29-21)17-13-11-16-15(19(17)27-9)12-14-18(20(16)28-10)26-31-23(5,6)24(7,8)32-26;1-9(2)10(3,4)16-13(15-9)14-17-11(5,6)12(7,8)18-14;1-15-11-7-3-6-10(14)12(16-2)8(7)4-5-9(11)13/h11-14H,1-10H3;1-8H3;3-6H,1-2H3. The van der Waals surface area contributed by atoms with E-state index in [0.717, 1.165) is 52.9 Å². The smallest absolute Gasteiger partial charge is 0.496 e. The van der Waals surface area contributed by atoms with Crippen LogP contribution < -0.4 is 29.9 Å². The van der Waals surface area contributed by atoms with Crippen LogP contribution in [0.3, 0.4) is 0 Å². The summed E-state index contributed by atoms with van der Waals surface area (Å²) >= 11 is 6.93. The highest BCUT2D eigenvalue weighted by molar-refractivity contribution is 9.11. The summed E-state index contributed by atoms with van der Waals surface area (Å²) in [7, 11) is 4.66. The Morgan fingerprint density at radius 1 is 0.318 bits per heavy atom. The molecule has 0 radical (unpaired) electrons. The fourth-order valence-corrected chi connectivity index (χ4v) is 8.88. The molecule has 4 aromatic rings. The van der Waals surface area contributed by atoms with Crippen LogP contribution in [0.4, 0.5) is 0 Å². The number of benzene rings is 4. The van der Waals surface area contributed by atoms with Gasteiger partial charge in [-0.25, -0.2) is 0 Å². The van der Waals surface area contributed by atoms with E-state index in [0.29, 0.717) is 11.5 Å². The van der Waals surface area contributed by atoms with Gasteiger partial charge in [0, 0.05) is 32.5 Å². The molecule has 4 aromatic carbocycles. The van der Waals surface area contributed by atoms with Crippen LogP contribution in [0.15, 0.2) is 57.5 Å². The summed E-state index contributed by atoms with van der Waals surface area (Å²) in [5.41, 5.74) is -1.48. The maximum absolute atomic E-state index is 6.28. The fraction of sp³-hybridized carbons (Fsp3) is 0.583. The first kappa shape index (κ1) is 52.9. The minimum Gasteiger partial charge on any atom is -0.496 e. The lowest BCUT2D eigenvalue weighted by Crippen LogP contribution is -2.41. The molecule has 18 heteroatoms. The zero-order valence-corrected chi connectivity index (χ0v) is 45.8. The van der Waals surface area contributed by atoms with Crippen molar-refractivity contribution in [3.63, 3.8) is 0 Å². The van der Waals surface area contributed by atoms with Gasteiger partial charge in [-0.2, -0.15) is 0 Å². The van der Waals surface area contributed by atoms with Gasteiger partial charge in [-0.05, 0) is 167 Å². The molecule has 4 fully saturated rings. The predicted octanol–water partition coefficient (Wildman–Crippen LogP) is 10.1. The van der Waals surface area contributed by atoms with Gasteiger partial charge >= 0.3 is 28.3 Å². The van der Waals surface area contributed by atoms with E-state index in [1.165, 1.54) is 0 Å². The van der Waals surface area contributed by atoms with E-state index in [4.69, 9.17) is 56.2 Å². The Hall–Kier alpha value is -2.50. The molecule has 0 N–H and O–H groups in total. The number of hydrogen-bond acceptors (Lipinski definition) is 12. The van der Waals surface area contributed by atoms with Crippen molar-refractivity contribution in [3.8, 4) is 23.0 Å². The van der Waals surface area contributed by atoms with Crippen molar-refractivity contribution >= 4 is 92.6 Å². The zero-order valence-electron chi connectivity index (χ0n) is 42.6. The molecule has 0 saturated carbocycles. The summed E-state index contributed by atoms with van der Waals surface area (Å²) in [6.07, 6.45) is 0. The van der Waals surface area contributed by atoms with E-state index < -0.39 is 50.7 Å². The van der Waals surface area contributed by atoms with Gasteiger partial charge in [-0.15, -0.1) is 0 Å². The van der Waals surface area contributed by atoms with E-state index in [-0.39, 0.29) is 22.4 Å². The molecule has 0 atom stereocenters. The molecule has 4 heterocycles. The molecule has 66 heavy (non-hydrogen) atoms. The van der Waals surface area contributed by atoms with Crippen molar-refractivity contribution in [1.82, 2.24) is 0 Å². The third-order valence-corrected chi connectivity index (χ3v) is 16.0. The van der Waals surface area contributed by atoms with Crippen LogP contribution in [-0.4, -0.2) is 102 Å². The van der Waals surface area contributed by atoms with Gasteiger partial charge in [0.25, 0.3) is 0 Å². The molecule has 4 saturated heterocycles. The summed E-state index contributed by atoms with van der Waals surface area (Å²) in [5, 5.41) is 3.88. The Bertz CT molecular complexity index is 2210. The fourth-order valence-electron chi connectivity index (χ4n) is 7.86. The second-order valence-electron chi connectivity index (χ2n) is 21.2. The van der Waals surface area contributed by atoms with Crippen LogP contribution >= 0.6 is 31.9 Å². The van der Waals surface area contributed by atoms with Crippen molar-refractivity contribution in [2.75, 3.05) is 28.4 Å². The number of methoxy groups -OCH3 is 4. The van der Waals surface area contributed by atoms with Gasteiger partial charge in [0.15, 0.2) is 0 Å². The highest BCUT2D eigenvalue weighted by Crippen LogP contribution is 2.45. The number of fused-ring (bicyclic) bond motifs is 2. The third kappa shape index (κ3) is 9.55. The van der Waals surface area contributed by atoms with Crippen molar-refractivity contribution in [3.05, 3.63) is 57.5 Å². The maximum atomic E-state index is 6.28. The molecule has 8 rings (SSSR count). The highest BCUT2D eigenvalue weighted by Gasteiger charge is 2.64. The molecular weight excluding hydrogens is 972 g/mol. The van der Waals surface area contributed by atoms with Crippen LogP contribution in [0.25, 0.3) is 21.5 Å². The van der Waals surface area contributed by atoms with Crippen molar-refractivity contribution in [2.24, 2.45) is 0 Å². The predicted molar refractivity (Wildman–Crippen MR) is 273 cm³/mol. The second-order valence-corrected chi connectivity index (χ2v) is 22.9. The maximum Gasteiger partial charge on any atom is 0.498 e. The molecular formula is C48H68B4Br2O12. The lowest BCUT2D eigenvalue weighted by Gasteiger charge is -2.32. The van der Waals surface area contributed by atoms with Crippen molar-refractivity contribution in [1.29, 1.82) is 0 Å². The molecule has 4 aliphatic heterocycles. The first-order valence-corrected chi connectivity index (χ1v) is 24.0. The Morgan fingerprint density at radius 3 is 0.773 bits per heavy atom. The van der Waals surface area contributed by atoms with E-state index in [1.54, 1.807) is 28.4 Å². The van der Waals surface area contributed by atoms with Crippen LogP contribution in [-0.2, 0) is 37.2 Å². The van der Waals surface area contributed by atoms with E-state index in [1.807, 2.05) is 159 Å². The summed E-state index contributed by atoms with van der Waals surface area (Å²) < 4.78 is 73.3. The van der Waals surface area contributed by atoms with Crippen LogP contribution in [0.1, 0.15) is 111 Å². The molecule has 358 valence electrons. The Labute approximate surface area is 411 Å². The Balaban J connectivity index is 0.000000179. The number of halogens is 2. The summed E-state index contributed by atoms with van der Waals surface area (Å²) in [4.78, 5) is 0. The average molecular weight is 1040 g/mol. The molecule has 0 aliphatic carbocycles. The van der Waals surface area contributed by atoms with E-state index in [2.05, 4.69) is 31.9 Å². The summed E-state index contributed by atoms with van der Waals surface area (Å²) in [5.74, 6) is 3.06. The third-order valence-electron chi connectivity index (χ3n) is 14.8. The average Bonchev–Trinajstić information content (AvgIpc) is 3.77. The number of rotatable bonds is 7. The first-order valence-electron chi connectivity index (χ1n) is 22.4. The minimum absolute atomic E-state index is 0.360. The van der Waals surface area contributed by atoms with Gasteiger partial charge < -0.3 is 56.2 Å². The normalized spacial score (nSPS) is 22.5. The highest BCUT2D eigenvalue weighted by atomic mass is 79.9. The SMILES string of the molecule is CC1(C)OB(B2OC(C)(C)C(C)(C)O2)OC1(C)C.COc1c(B2OC(C)(C)C(C)(C)O2)ccc2c(OC)c(B3OC(C)(C)C(C)(C)O3)ccc12.COc1c(Br)ccc2c(OC)c(Br)ccc12. The van der Waals surface area contributed by atoms with Gasteiger partial charge in [-0.3, -0.25) is 0 Å². The molecule has 0 spiro atoms. The summed E-state index contributed by atoms with van der Waals surface area (Å²) in [6.45, 7) is 32.5. The van der Waals surface area contributed by atoms with E-state index in [9.17, 15) is 0 Å². The molecule has 0 bridgehead atoms. The molecule has 0 unspecified atom stereocenters. The van der Waals surface area contributed by atoms with Crippen LogP contribution in [0.2, 0.25) is 0 Å². The van der Waals surface area contributed by atoms with Gasteiger partial charge in [0.1, 0.15) is 23.0 Å².